The van der Waals surface area contributed by atoms with Crippen LogP contribution in [-0.2, 0) is 23.9 Å². The third-order valence-corrected chi connectivity index (χ3v) is 10.2. The van der Waals surface area contributed by atoms with Crippen LogP contribution < -0.4 is 11.1 Å². The highest BCUT2D eigenvalue weighted by Crippen LogP contribution is 2.14. The summed E-state index contributed by atoms with van der Waals surface area (Å²) in [6, 6.07) is -2.00. The van der Waals surface area contributed by atoms with Gasteiger partial charge in [-0.2, -0.15) is 11.8 Å². The number of hydrogen-bond donors (Lipinski definition) is 3. The van der Waals surface area contributed by atoms with Crippen LogP contribution in [0.2, 0.25) is 0 Å². The number of esters is 2. The lowest BCUT2D eigenvalue weighted by molar-refractivity contribution is -0.146. The van der Waals surface area contributed by atoms with Gasteiger partial charge < -0.3 is 25.6 Å². The van der Waals surface area contributed by atoms with Gasteiger partial charge in [-0.25, -0.2) is 4.79 Å². The van der Waals surface area contributed by atoms with Crippen LogP contribution in [-0.4, -0.2) is 91.4 Å². The Kier molecular flexibility index (Phi) is 35.4. The lowest BCUT2D eigenvalue weighted by atomic mass is 10.0. The van der Waals surface area contributed by atoms with Gasteiger partial charge in [-0.1, -0.05) is 155 Å². The second-order valence-electron chi connectivity index (χ2n) is 13.7. The van der Waals surface area contributed by atoms with Crippen LogP contribution in [0.4, 0.5) is 0 Å². The minimum Gasteiger partial charge on any atom is -0.467 e. The predicted molar refractivity (Wildman–Crippen MR) is 206 cm³/mol. The van der Waals surface area contributed by atoms with Gasteiger partial charge in [0.05, 0.1) is 26.3 Å². The molecule has 290 valence electrons. The van der Waals surface area contributed by atoms with Crippen LogP contribution in [0.15, 0.2) is 0 Å². The molecule has 0 aliphatic rings. The Hall–Kier alpha value is -1.36. The summed E-state index contributed by atoms with van der Waals surface area (Å²) in [7, 11) is 1.19. The first kappa shape index (κ1) is 47.6. The average Bonchev–Trinajstić information content (AvgIpc) is 3.10. The van der Waals surface area contributed by atoms with Gasteiger partial charge >= 0.3 is 11.9 Å². The molecule has 0 saturated heterocycles. The first-order chi connectivity index (χ1) is 23.9. The summed E-state index contributed by atoms with van der Waals surface area (Å²) in [5, 5.41) is 11.7. The van der Waals surface area contributed by atoms with Crippen molar-refractivity contribution in [2.75, 3.05) is 51.5 Å². The number of rotatable bonds is 37. The zero-order valence-electron chi connectivity index (χ0n) is 32.0. The van der Waals surface area contributed by atoms with Crippen molar-refractivity contribution >= 4 is 29.6 Å². The number of nitrogens with zero attached hydrogens (tertiary/aromatic N) is 1. The number of unbranched alkanes of at least 4 members (excludes halogenated alkanes) is 22. The molecule has 9 nitrogen and oxygen atoms in total. The fourth-order valence-electron chi connectivity index (χ4n) is 5.95. The van der Waals surface area contributed by atoms with Gasteiger partial charge in [-0.05, 0) is 25.9 Å². The Morgan fingerprint density at radius 2 is 1.10 bits per heavy atom. The van der Waals surface area contributed by atoms with Crippen molar-refractivity contribution in [2.24, 2.45) is 5.73 Å². The molecule has 2 atom stereocenters. The molecule has 4 N–H and O–H groups in total. The molecule has 0 aromatic heterocycles. The number of nitrogens with two attached hydrogens (primary N) is 1. The number of nitrogens with one attached hydrogen (secondary N) is 1. The SMILES string of the molecule is CCCCCCCCCCCCCCN(CCCCCCCCCCCCCC)CC(=O)OCCSC[C@H](N)C(=O)N[C@@H](CO)C(=O)OC. The lowest BCUT2D eigenvalue weighted by Crippen LogP contribution is -2.51. The fraction of sp³-hybridized carbons (Fsp3) is 0.923. The van der Waals surface area contributed by atoms with Crippen molar-refractivity contribution in [3.05, 3.63) is 0 Å². The summed E-state index contributed by atoms with van der Waals surface area (Å²) in [6.45, 7) is 6.41. The quantitative estimate of drug-likeness (QED) is 0.0433. The van der Waals surface area contributed by atoms with E-state index in [0.29, 0.717) is 18.1 Å². The second-order valence-corrected chi connectivity index (χ2v) is 14.9. The van der Waals surface area contributed by atoms with E-state index in [9.17, 15) is 19.5 Å². The maximum atomic E-state index is 12.7. The van der Waals surface area contributed by atoms with E-state index in [4.69, 9.17) is 10.5 Å². The number of methoxy groups -OCH3 is 1. The number of ether oxygens (including phenoxy) is 2. The van der Waals surface area contributed by atoms with Crippen molar-refractivity contribution in [1.29, 1.82) is 0 Å². The van der Waals surface area contributed by atoms with E-state index < -0.39 is 30.6 Å². The van der Waals surface area contributed by atoms with Gasteiger partial charge in [-0.15, -0.1) is 0 Å². The standard InChI is InChI=1S/C39H77N3O6S/c1-4-6-8-10-12-14-16-18-20-22-24-26-28-42(29-27-25-23-21-19-17-15-13-11-9-7-5-2)32-37(44)48-30-31-49-34-35(40)38(45)41-36(33-43)39(46)47-3/h35-36,43H,4-34,40H2,1-3H3,(H,41,45)/t35-,36-/m0/s1. The largest absolute Gasteiger partial charge is 0.467 e. The van der Waals surface area contributed by atoms with E-state index in [2.05, 4.69) is 28.8 Å². The predicted octanol–water partition coefficient (Wildman–Crippen LogP) is 7.94. The zero-order valence-corrected chi connectivity index (χ0v) is 32.8. The third kappa shape index (κ3) is 31.1. The molecule has 0 aliphatic heterocycles. The minimum absolute atomic E-state index is 0.204. The molecule has 0 radical (unpaired) electrons. The first-order valence-corrected chi connectivity index (χ1v) is 21.2. The number of aliphatic hydroxyl groups excluding tert-OH is 1. The van der Waals surface area contributed by atoms with Crippen molar-refractivity contribution in [2.45, 2.75) is 180 Å². The lowest BCUT2D eigenvalue weighted by Gasteiger charge is -2.21. The van der Waals surface area contributed by atoms with Gasteiger partial charge in [0.1, 0.15) is 6.61 Å². The molecule has 0 fully saturated rings. The van der Waals surface area contributed by atoms with Crippen LogP contribution in [0.1, 0.15) is 168 Å². The fourth-order valence-corrected chi connectivity index (χ4v) is 6.72. The van der Waals surface area contributed by atoms with Gasteiger partial charge in [0.25, 0.3) is 0 Å². The summed E-state index contributed by atoms with van der Waals surface area (Å²) < 4.78 is 10.1. The van der Waals surface area contributed by atoms with Gasteiger partial charge in [0, 0.05) is 11.5 Å². The van der Waals surface area contributed by atoms with E-state index >= 15 is 0 Å². The molecule has 0 saturated carbocycles. The van der Waals surface area contributed by atoms with E-state index in [-0.39, 0.29) is 12.6 Å². The summed E-state index contributed by atoms with van der Waals surface area (Å²) >= 11 is 1.40. The van der Waals surface area contributed by atoms with Crippen LogP contribution in [0.3, 0.4) is 0 Å². The summed E-state index contributed by atoms with van der Waals surface area (Å²) in [6.07, 6.45) is 31.7. The Balaban J connectivity index is 4.34. The smallest absolute Gasteiger partial charge is 0.330 e. The molecule has 0 aromatic carbocycles. The van der Waals surface area contributed by atoms with Crippen LogP contribution >= 0.6 is 11.8 Å². The summed E-state index contributed by atoms with van der Waals surface area (Å²) in [5.41, 5.74) is 5.93. The molecule has 0 unspecified atom stereocenters. The Morgan fingerprint density at radius 1 is 0.694 bits per heavy atom. The average molecular weight is 716 g/mol. The van der Waals surface area contributed by atoms with Crippen molar-refractivity contribution in [3.63, 3.8) is 0 Å². The number of carbonyl (C=O) groups excluding carboxylic acids is 3. The molecule has 0 rings (SSSR count). The minimum atomic E-state index is -1.14. The molecule has 0 aliphatic carbocycles. The molecule has 1 amide bonds. The molecule has 0 aromatic rings. The van der Waals surface area contributed by atoms with Crippen LogP contribution in [0, 0.1) is 0 Å². The molecular weight excluding hydrogens is 639 g/mol. The first-order valence-electron chi connectivity index (χ1n) is 20.1. The van der Waals surface area contributed by atoms with Crippen LogP contribution in [0.5, 0.6) is 0 Å². The van der Waals surface area contributed by atoms with Gasteiger partial charge in [0.15, 0.2) is 6.04 Å². The van der Waals surface area contributed by atoms with Crippen LogP contribution in [0.25, 0.3) is 0 Å². The summed E-state index contributed by atoms with van der Waals surface area (Å²) in [4.78, 5) is 38.8. The highest BCUT2D eigenvalue weighted by molar-refractivity contribution is 7.99. The zero-order chi connectivity index (χ0) is 36.2. The highest BCUT2D eigenvalue weighted by atomic mass is 32.2. The monoisotopic (exact) mass is 716 g/mol. The summed E-state index contributed by atoms with van der Waals surface area (Å²) in [5.74, 6) is -0.656. The molecular formula is C39H77N3O6S. The maximum Gasteiger partial charge on any atom is 0.330 e. The number of thioether (sulfide) groups is 1. The molecule has 49 heavy (non-hydrogen) atoms. The van der Waals surface area contributed by atoms with Crippen molar-refractivity contribution in [1.82, 2.24) is 10.2 Å². The highest BCUT2D eigenvalue weighted by Gasteiger charge is 2.23. The van der Waals surface area contributed by atoms with E-state index in [0.717, 1.165) is 25.9 Å². The number of hydrogen-bond acceptors (Lipinski definition) is 9. The third-order valence-electron chi connectivity index (χ3n) is 9.12. The topological polar surface area (TPSA) is 131 Å². The van der Waals surface area contributed by atoms with Gasteiger partial charge in [0.2, 0.25) is 5.91 Å². The van der Waals surface area contributed by atoms with E-state index in [1.165, 1.54) is 160 Å². The van der Waals surface area contributed by atoms with Gasteiger partial charge in [-0.3, -0.25) is 14.5 Å². The molecule has 0 spiro atoms. The normalized spacial score (nSPS) is 12.6. The number of amides is 1. The van der Waals surface area contributed by atoms with E-state index in [1.54, 1.807) is 0 Å². The molecule has 0 heterocycles. The van der Waals surface area contributed by atoms with Crippen molar-refractivity contribution in [3.8, 4) is 0 Å². The molecule has 0 bridgehead atoms. The number of carbonyl (C=O) groups is 3. The second kappa shape index (κ2) is 36.4. The maximum absolute atomic E-state index is 12.7. The van der Waals surface area contributed by atoms with Crippen molar-refractivity contribution < 1.29 is 29.0 Å². The molecule has 10 heteroatoms. The number of aliphatic hydroxyl groups is 1. The Morgan fingerprint density at radius 3 is 1.49 bits per heavy atom. The Labute approximate surface area is 305 Å². The van der Waals surface area contributed by atoms with E-state index in [1.807, 2.05) is 0 Å². The Bertz CT molecular complexity index is 747.